The topological polar surface area (TPSA) is 84.8 Å². The summed E-state index contributed by atoms with van der Waals surface area (Å²) < 4.78 is 21.2. The molecular formula is C21H26FN5O2. The summed E-state index contributed by atoms with van der Waals surface area (Å²) in [5.74, 6) is 0.131. The molecule has 4 rings (SSSR count). The predicted octanol–water partition coefficient (Wildman–Crippen LogP) is 3.17. The van der Waals surface area contributed by atoms with E-state index in [9.17, 15) is 9.18 Å². The maximum Gasteiger partial charge on any atom is 0.263 e. The summed E-state index contributed by atoms with van der Waals surface area (Å²) in [7, 11) is 0. The number of aromatic nitrogens is 4. The van der Waals surface area contributed by atoms with Crippen LogP contribution in [0.4, 0.5) is 10.3 Å². The lowest BCUT2D eigenvalue weighted by Gasteiger charge is -2.38. The lowest BCUT2D eigenvalue weighted by atomic mass is 9.74. The molecule has 1 fully saturated rings. The molecule has 3 heterocycles. The van der Waals surface area contributed by atoms with Gasteiger partial charge in [0.15, 0.2) is 5.65 Å². The van der Waals surface area contributed by atoms with E-state index in [0.717, 1.165) is 18.4 Å². The number of anilines is 1. The monoisotopic (exact) mass is 399 g/mol. The maximum absolute atomic E-state index is 13.9. The van der Waals surface area contributed by atoms with Gasteiger partial charge in [0, 0.05) is 25.2 Å². The molecule has 0 aliphatic carbocycles. The number of rotatable bonds is 4. The zero-order chi connectivity index (χ0) is 20.6. The SMILES string of the molecule is CC(C)(C)n1ncc2c(=O)[nH]c(NCC3(c4cccc(F)c4)CCOCC3)nc21. The Balaban J connectivity index is 1.67. The van der Waals surface area contributed by atoms with E-state index < -0.39 is 0 Å². The highest BCUT2D eigenvalue weighted by atomic mass is 19.1. The van der Waals surface area contributed by atoms with E-state index in [1.54, 1.807) is 23.0 Å². The molecule has 1 saturated heterocycles. The molecule has 0 radical (unpaired) electrons. The molecule has 1 aliphatic rings. The zero-order valence-corrected chi connectivity index (χ0v) is 17.0. The van der Waals surface area contributed by atoms with Gasteiger partial charge in [0.25, 0.3) is 5.56 Å². The van der Waals surface area contributed by atoms with E-state index in [0.29, 0.717) is 36.7 Å². The molecule has 2 N–H and O–H groups in total. The Hall–Kier alpha value is -2.74. The minimum Gasteiger partial charge on any atom is -0.381 e. The van der Waals surface area contributed by atoms with Crippen molar-refractivity contribution in [2.75, 3.05) is 25.1 Å². The number of benzene rings is 1. The lowest BCUT2D eigenvalue weighted by Crippen LogP contribution is -2.40. The van der Waals surface area contributed by atoms with E-state index >= 15 is 0 Å². The Labute approximate surface area is 168 Å². The second kappa shape index (κ2) is 7.26. The van der Waals surface area contributed by atoms with Crippen molar-refractivity contribution in [3.8, 4) is 0 Å². The van der Waals surface area contributed by atoms with Crippen LogP contribution in [0.1, 0.15) is 39.2 Å². The van der Waals surface area contributed by atoms with Crippen molar-refractivity contribution in [3.05, 3.63) is 52.2 Å². The van der Waals surface area contributed by atoms with Gasteiger partial charge in [-0.15, -0.1) is 0 Å². The van der Waals surface area contributed by atoms with Gasteiger partial charge in [0.1, 0.15) is 11.2 Å². The van der Waals surface area contributed by atoms with Crippen LogP contribution in [0.15, 0.2) is 35.3 Å². The van der Waals surface area contributed by atoms with E-state index in [-0.39, 0.29) is 22.3 Å². The molecule has 0 unspecified atom stereocenters. The first kappa shape index (κ1) is 19.6. The van der Waals surface area contributed by atoms with Crippen LogP contribution in [-0.2, 0) is 15.7 Å². The first-order chi connectivity index (χ1) is 13.8. The summed E-state index contributed by atoms with van der Waals surface area (Å²) in [6, 6.07) is 6.71. The van der Waals surface area contributed by atoms with Crippen LogP contribution < -0.4 is 10.9 Å². The molecule has 29 heavy (non-hydrogen) atoms. The van der Waals surface area contributed by atoms with Gasteiger partial charge in [-0.2, -0.15) is 10.1 Å². The van der Waals surface area contributed by atoms with E-state index in [4.69, 9.17) is 4.74 Å². The van der Waals surface area contributed by atoms with Crippen LogP contribution in [-0.4, -0.2) is 39.5 Å². The van der Waals surface area contributed by atoms with Gasteiger partial charge in [-0.05, 0) is 51.3 Å². The Kier molecular flexibility index (Phi) is 4.90. The number of halogens is 1. The smallest absolute Gasteiger partial charge is 0.263 e. The summed E-state index contributed by atoms with van der Waals surface area (Å²) in [5.41, 5.74) is 0.633. The number of H-pyrrole nitrogens is 1. The van der Waals surface area contributed by atoms with Gasteiger partial charge in [-0.3, -0.25) is 9.78 Å². The number of fused-ring (bicyclic) bond motifs is 1. The van der Waals surface area contributed by atoms with Crippen molar-refractivity contribution in [3.63, 3.8) is 0 Å². The molecule has 1 aromatic carbocycles. The van der Waals surface area contributed by atoms with Gasteiger partial charge in [-0.1, -0.05) is 12.1 Å². The molecule has 8 heteroatoms. The average molecular weight is 399 g/mol. The van der Waals surface area contributed by atoms with Crippen LogP contribution in [0, 0.1) is 5.82 Å². The first-order valence-electron chi connectivity index (χ1n) is 9.85. The fourth-order valence-corrected chi connectivity index (χ4v) is 3.89. The highest BCUT2D eigenvalue weighted by Gasteiger charge is 2.35. The normalized spacial score (nSPS) is 16.8. The minimum atomic E-state index is -0.302. The molecule has 3 aromatic rings. The van der Waals surface area contributed by atoms with E-state index in [1.807, 2.05) is 26.8 Å². The van der Waals surface area contributed by atoms with Crippen molar-refractivity contribution >= 4 is 17.0 Å². The van der Waals surface area contributed by atoms with Crippen molar-refractivity contribution in [2.24, 2.45) is 0 Å². The van der Waals surface area contributed by atoms with Crippen molar-refractivity contribution in [1.82, 2.24) is 19.7 Å². The second-order valence-electron chi connectivity index (χ2n) is 8.64. The molecular weight excluding hydrogens is 373 g/mol. The molecule has 0 spiro atoms. The molecule has 2 aromatic heterocycles. The number of aromatic amines is 1. The summed E-state index contributed by atoms with van der Waals surface area (Å²) in [6.45, 7) is 7.76. The largest absolute Gasteiger partial charge is 0.381 e. The molecule has 0 bridgehead atoms. The van der Waals surface area contributed by atoms with Gasteiger partial charge < -0.3 is 10.1 Å². The highest BCUT2D eigenvalue weighted by molar-refractivity contribution is 5.74. The third kappa shape index (κ3) is 3.76. The minimum absolute atomic E-state index is 0.236. The molecule has 0 amide bonds. The van der Waals surface area contributed by atoms with Crippen LogP contribution in [0.25, 0.3) is 11.0 Å². The second-order valence-corrected chi connectivity index (χ2v) is 8.64. The summed E-state index contributed by atoms with van der Waals surface area (Å²) in [5, 5.41) is 8.08. The first-order valence-corrected chi connectivity index (χ1v) is 9.85. The number of nitrogens with one attached hydrogen (secondary N) is 2. The Morgan fingerprint density at radius 2 is 2.07 bits per heavy atom. The third-order valence-corrected chi connectivity index (χ3v) is 5.55. The predicted molar refractivity (Wildman–Crippen MR) is 110 cm³/mol. The van der Waals surface area contributed by atoms with Crippen LogP contribution in [0.5, 0.6) is 0 Å². The average Bonchev–Trinajstić information content (AvgIpc) is 3.12. The van der Waals surface area contributed by atoms with Crippen LogP contribution >= 0.6 is 0 Å². The third-order valence-electron chi connectivity index (χ3n) is 5.55. The maximum atomic E-state index is 13.9. The van der Waals surface area contributed by atoms with Gasteiger partial charge in [0.2, 0.25) is 5.95 Å². The van der Waals surface area contributed by atoms with Gasteiger partial charge in [0.05, 0.1) is 11.7 Å². The molecule has 7 nitrogen and oxygen atoms in total. The fourth-order valence-electron chi connectivity index (χ4n) is 3.89. The van der Waals surface area contributed by atoms with Crippen molar-refractivity contribution in [1.29, 1.82) is 0 Å². The fraction of sp³-hybridized carbons (Fsp3) is 0.476. The standard InChI is InChI=1S/C21H26FN5O2/c1-20(2,3)27-17-16(12-24-27)18(28)26-19(25-17)23-13-21(7-9-29-10-8-21)14-5-4-6-15(22)11-14/h4-6,11-12H,7-10,13H2,1-3H3,(H2,23,25,26,28). The lowest BCUT2D eigenvalue weighted by molar-refractivity contribution is 0.0542. The molecule has 154 valence electrons. The van der Waals surface area contributed by atoms with Crippen molar-refractivity contribution < 1.29 is 9.13 Å². The summed E-state index contributed by atoms with van der Waals surface area (Å²) >= 11 is 0. The quantitative estimate of drug-likeness (QED) is 0.704. The number of nitrogens with zero attached hydrogens (tertiary/aromatic N) is 3. The zero-order valence-electron chi connectivity index (χ0n) is 17.0. The summed E-state index contributed by atoms with van der Waals surface area (Å²) in [6.07, 6.45) is 3.06. The Morgan fingerprint density at radius 1 is 1.31 bits per heavy atom. The molecule has 0 saturated carbocycles. The number of hydrogen-bond donors (Lipinski definition) is 2. The highest BCUT2D eigenvalue weighted by Crippen LogP contribution is 2.35. The van der Waals surface area contributed by atoms with Gasteiger partial charge >= 0.3 is 0 Å². The van der Waals surface area contributed by atoms with Crippen LogP contribution in [0.2, 0.25) is 0 Å². The number of hydrogen-bond acceptors (Lipinski definition) is 5. The Morgan fingerprint density at radius 3 is 2.76 bits per heavy atom. The van der Waals surface area contributed by atoms with Crippen molar-refractivity contribution in [2.45, 2.75) is 44.6 Å². The molecule has 1 aliphatic heterocycles. The van der Waals surface area contributed by atoms with Crippen LogP contribution in [0.3, 0.4) is 0 Å². The van der Waals surface area contributed by atoms with E-state index in [2.05, 4.69) is 20.4 Å². The van der Waals surface area contributed by atoms with Gasteiger partial charge in [-0.25, -0.2) is 9.07 Å². The number of ether oxygens (including phenoxy) is 1. The Bertz CT molecular complexity index is 1080. The molecule has 0 atom stereocenters. The van der Waals surface area contributed by atoms with E-state index in [1.165, 1.54) is 6.07 Å². The summed E-state index contributed by atoms with van der Waals surface area (Å²) in [4.78, 5) is 19.9.